The molecule has 1 saturated heterocycles. The third-order valence-electron chi connectivity index (χ3n) is 4.99. The molecule has 2 aromatic carbocycles. The maximum atomic E-state index is 14.4. The molecule has 30 heavy (non-hydrogen) atoms. The van der Waals surface area contributed by atoms with E-state index in [1.807, 2.05) is 6.92 Å². The minimum absolute atomic E-state index is 0.0517. The number of nitrogens with zero attached hydrogens (tertiary/aromatic N) is 5. The van der Waals surface area contributed by atoms with Crippen molar-refractivity contribution >= 4 is 5.91 Å². The molecule has 1 aliphatic heterocycles. The fourth-order valence-corrected chi connectivity index (χ4v) is 3.53. The van der Waals surface area contributed by atoms with Crippen molar-refractivity contribution in [1.82, 2.24) is 30.4 Å². The standard InChI is InChI=1S/C21H23FN6O2/c1-15(13-27-6-8-30-9-7-27)24-21(29)17-10-16(19-4-2-3-5-20(19)22)11-18(12-17)28-14-23-25-26-28/h2-5,10-12,14-15H,6-9,13H2,1H3,(H,24,29)/t15-/m1/s1. The first-order chi connectivity index (χ1) is 14.6. The van der Waals surface area contributed by atoms with Crippen LogP contribution in [0.2, 0.25) is 0 Å². The van der Waals surface area contributed by atoms with Crippen LogP contribution < -0.4 is 5.32 Å². The lowest BCUT2D eigenvalue weighted by atomic mass is 10.0. The number of aromatic nitrogens is 4. The van der Waals surface area contributed by atoms with Crippen LogP contribution in [-0.2, 0) is 4.74 Å². The SMILES string of the molecule is C[C@H](CN1CCOCC1)NC(=O)c1cc(-c2ccccc2F)cc(-n2cnnn2)c1. The molecule has 9 heteroatoms. The smallest absolute Gasteiger partial charge is 0.251 e. The van der Waals surface area contributed by atoms with Crippen molar-refractivity contribution in [3.63, 3.8) is 0 Å². The molecular formula is C21H23FN6O2. The molecule has 4 rings (SSSR count). The summed E-state index contributed by atoms with van der Waals surface area (Å²) in [7, 11) is 0. The van der Waals surface area contributed by atoms with Gasteiger partial charge in [-0.2, -0.15) is 0 Å². The Morgan fingerprint density at radius 3 is 2.77 bits per heavy atom. The molecule has 1 atom stereocenters. The summed E-state index contributed by atoms with van der Waals surface area (Å²) in [6, 6.07) is 11.5. The topological polar surface area (TPSA) is 85.2 Å². The monoisotopic (exact) mass is 410 g/mol. The number of halogens is 1. The zero-order chi connectivity index (χ0) is 20.9. The first-order valence-electron chi connectivity index (χ1n) is 9.84. The molecule has 1 aliphatic rings. The maximum Gasteiger partial charge on any atom is 0.251 e. The molecular weight excluding hydrogens is 387 g/mol. The summed E-state index contributed by atoms with van der Waals surface area (Å²) in [5, 5.41) is 14.2. The van der Waals surface area contributed by atoms with E-state index < -0.39 is 0 Å². The van der Waals surface area contributed by atoms with Crippen molar-refractivity contribution in [3.05, 3.63) is 60.2 Å². The highest BCUT2D eigenvalue weighted by atomic mass is 19.1. The van der Waals surface area contributed by atoms with E-state index in [4.69, 9.17) is 4.74 Å². The van der Waals surface area contributed by atoms with Crippen LogP contribution in [0.3, 0.4) is 0 Å². The fourth-order valence-electron chi connectivity index (χ4n) is 3.53. The molecule has 0 radical (unpaired) electrons. The quantitative estimate of drug-likeness (QED) is 0.668. The highest BCUT2D eigenvalue weighted by Gasteiger charge is 2.18. The largest absolute Gasteiger partial charge is 0.379 e. The number of nitrogens with one attached hydrogen (secondary N) is 1. The van der Waals surface area contributed by atoms with Gasteiger partial charge in [0.15, 0.2) is 0 Å². The van der Waals surface area contributed by atoms with E-state index in [-0.39, 0.29) is 17.8 Å². The molecule has 8 nitrogen and oxygen atoms in total. The summed E-state index contributed by atoms with van der Waals surface area (Å²) in [5.41, 5.74) is 1.97. The van der Waals surface area contributed by atoms with Gasteiger partial charge in [-0.25, -0.2) is 9.07 Å². The number of carbonyl (C=O) groups is 1. The Bertz CT molecular complexity index is 1000. The van der Waals surface area contributed by atoms with E-state index in [1.165, 1.54) is 17.1 Å². The first kappa shape index (κ1) is 20.1. The number of morpholine rings is 1. The van der Waals surface area contributed by atoms with Crippen molar-refractivity contribution in [2.75, 3.05) is 32.8 Å². The zero-order valence-corrected chi connectivity index (χ0v) is 16.7. The summed E-state index contributed by atoms with van der Waals surface area (Å²) < 4.78 is 21.2. The molecule has 1 N–H and O–H groups in total. The molecule has 0 spiro atoms. The van der Waals surface area contributed by atoms with Gasteiger partial charge in [0.05, 0.1) is 18.9 Å². The van der Waals surface area contributed by atoms with E-state index in [0.717, 1.165) is 19.6 Å². The highest BCUT2D eigenvalue weighted by Crippen LogP contribution is 2.26. The number of hydrogen-bond donors (Lipinski definition) is 1. The van der Waals surface area contributed by atoms with Crippen LogP contribution in [0.15, 0.2) is 48.8 Å². The molecule has 156 valence electrons. The molecule has 3 aromatic rings. The average Bonchev–Trinajstić information content (AvgIpc) is 3.29. The second-order valence-corrected chi connectivity index (χ2v) is 7.29. The Morgan fingerprint density at radius 2 is 2.03 bits per heavy atom. The predicted octanol–water partition coefficient (Wildman–Crippen LogP) is 1.92. The third-order valence-corrected chi connectivity index (χ3v) is 4.99. The third kappa shape index (κ3) is 4.69. The Kier molecular flexibility index (Phi) is 6.10. The lowest BCUT2D eigenvalue weighted by Gasteiger charge is -2.29. The van der Waals surface area contributed by atoms with E-state index >= 15 is 0 Å². The summed E-state index contributed by atoms with van der Waals surface area (Å²) in [6.07, 6.45) is 1.43. The van der Waals surface area contributed by atoms with E-state index in [9.17, 15) is 9.18 Å². The second kappa shape index (κ2) is 9.10. The number of benzene rings is 2. The number of amides is 1. The van der Waals surface area contributed by atoms with Crippen LogP contribution in [0.25, 0.3) is 16.8 Å². The maximum absolute atomic E-state index is 14.4. The van der Waals surface area contributed by atoms with Crippen molar-refractivity contribution in [2.45, 2.75) is 13.0 Å². The van der Waals surface area contributed by atoms with Gasteiger partial charge in [-0.3, -0.25) is 9.69 Å². The van der Waals surface area contributed by atoms with Gasteiger partial charge in [-0.15, -0.1) is 5.10 Å². The summed E-state index contributed by atoms with van der Waals surface area (Å²) >= 11 is 0. The number of rotatable bonds is 6. The second-order valence-electron chi connectivity index (χ2n) is 7.29. The average molecular weight is 410 g/mol. The summed E-state index contributed by atoms with van der Waals surface area (Å²) in [6.45, 7) is 5.83. The van der Waals surface area contributed by atoms with Crippen LogP contribution in [0.4, 0.5) is 4.39 Å². The van der Waals surface area contributed by atoms with Gasteiger partial charge >= 0.3 is 0 Å². The zero-order valence-electron chi connectivity index (χ0n) is 16.7. The van der Waals surface area contributed by atoms with Crippen molar-refractivity contribution in [2.24, 2.45) is 0 Å². The van der Waals surface area contributed by atoms with Crippen molar-refractivity contribution in [3.8, 4) is 16.8 Å². The molecule has 0 bridgehead atoms. The summed E-state index contributed by atoms with van der Waals surface area (Å²) in [4.78, 5) is 15.2. The molecule has 1 aromatic heterocycles. The van der Waals surface area contributed by atoms with Crippen LogP contribution in [-0.4, -0.2) is 69.9 Å². The van der Waals surface area contributed by atoms with Gasteiger partial charge in [0.2, 0.25) is 0 Å². The number of hydrogen-bond acceptors (Lipinski definition) is 6. The molecule has 2 heterocycles. The van der Waals surface area contributed by atoms with E-state index in [2.05, 4.69) is 25.7 Å². The Hall–Kier alpha value is -3.17. The van der Waals surface area contributed by atoms with Crippen LogP contribution in [0.5, 0.6) is 0 Å². The highest BCUT2D eigenvalue weighted by molar-refractivity contribution is 5.96. The number of carbonyl (C=O) groups excluding carboxylic acids is 1. The van der Waals surface area contributed by atoms with Gasteiger partial charge in [-0.1, -0.05) is 18.2 Å². The summed E-state index contributed by atoms with van der Waals surface area (Å²) in [5.74, 6) is -0.596. The Labute approximate surface area is 173 Å². The Morgan fingerprint density at radius 1 is 1.23 bits per heavy atom. The van der Waals surface area contributed by atoms with Crippen molar-refractivity contribution < 1.29 is 13.9 Å². The van der Waals surface area contributed by atoms with Crippen molar-refractivity contribution in [1.29, 1.82) is 0 Å². The first-order valence-corrected chi connectivity index (χ1v) is 9.84. The van der Waals surface area contributed by atoms with Gasteiger partial charge in [0.1, 0.15) is 12.1 Å². The molecule has 0 unspecified atom stereocenters. The number of ether oxygens (including phenoxy) is 1. The minimum Gasteiger partial charge on any atom is -0.379 e. The van der Waals surface area contributed by atoms with Gasteiger partial charge in [0.25, 0.3) is 5.91 Å². The lowest BCUT2D eigenvalue weighted by molar-refractivity contribution is 0.0342. The molecule has 1 fully saturated rings. The molecule has 0 aliphatic carbocycles. The van der Waals surface area contributed by atoms with Gasteiger partial charge < -0.3 is 10.1 Å². The molecule has 0 saturated carbocycles. The predicted molar refractivity (Wildman–Crippen MR) is 109 cm³/mol. The van der Waals surface area contributed by atoms with Gasteiger partial charge in [-0.05, 0) is 47.2 Å². The fraction of sp³-hybridized carbons (Fsp3) is 0.333. The lowest BCUT2D eigenvalue weighted by Crippen LogP contribution is -2.46. The van der Waals surface area contributed by atoms with E-state index in [0.29, 0.717) is 35.6 Å². The van der Waals surface area contributed by atoms with Gasteiger partial charge in [0, 0.05) is 36.8 Å². The van der Waals surface area contributed by atoms with Crippen LogP contribution in [0.1, 0.15) is 17.3 Å². The minimum atomic E-state index is -0.363. The normalized spacial score (nSPS) is 15.7. The van der Waals surface area contributed by atoms with Crippen LogP contribution >= 0.6 is 0 Å². The van der Waals surface area contributed by atoms with E-state index in [1.54, 1.807) is 36.4 Å². The molecule has 1 amide bonds. The Balaban J connectivity index is 1.60. The van der Waals surface area contributed by atoms with Crippen LogP contribution in [0, 0.1) is 5.82 Å². The number of tetrazole rings is 1.